The summed E-state index contributed by atoms with van der Waals surface area (Å²) in [6, 6.07) is 16.5. The number of oxazole rings is 1. The summed E-state index contributed by atoms with van der Waals surface area (Å²) < 4.78 is 11.3. The second-order valence-corrected chi connectivity index (χ2v) is 6.27. The Labute approximate surface area is 147 Å². The van der Waals surface area contributed by atoms with E-state index in [4.69, 9.17) is 9.15 Å². The molecule has 3 rings (SSSR count). The lowest BCUT2D eigenvalue weighted by Gasteiger charge is -2.31. The van der Waals surface area contributed by atoms with E-state index in [2.05, 4.69) is 4.98 Å². The number of carbonyl (C=O) groups excluding carboxylic acids is 1. The largest absolute Gasteiger partial charge is 0.438 e. The topological polar surface area (TPSA) is 55.6 Å². The van der Waals surface area contributed by atoms with Crippen LogP contribution >= 0.6 is 0 Å². The summed E-state index contributed by atoms with van der Waals surface area (Å²) in [5.41, 5.74) is 2.11. The molecule has 5 nitrogen and oxygen atoms in total. The Hall–Kier alpha value is -2.66. The fourth-order valence-corrected chi connectivity index (χ4v) is 2.95. The fourth-order valence-electron chi connectivity index (χ4n) is 2.95. The van der Waals surface area contributed by atoms with Gasteiger partial charge in [0.2, 0.25) is 5.89 Å². The number of fused-ring (bicyclic) bond motifs is 1. The first-order chi connectivity index (χ1) is 12.1. The number of rotatable bonds is 6. The molecule has 0 saturated carbocycles. The third kappa shape index (κ3) is 3.56. The Morgan fingerprint density at radius 2 is 1.80 bits per heavy atom. The van der Waals surface area contributed by atoms with Gasteiger partial charge in [0, 0.05) is 12.7 Å². The number of nitrogens with zero attached hydrogens (tertiary/aromatic N) is 2. The molecule has 3 aromatic rings. The van der Waals surface area contributed by atoms with Crippen LogP contribution in [0.2, 0.25) is 0 Å². The summed E-state index contributed by atoms with van der Waals surface area (Å²) >= 11 is 0. The number of ether oxygens (including phenoxy) is 1. The van der Waals surface area contributed by atoms with Gasteiger partial charge in [-0.2, -0.15) is 0 Å². The number of hydrogen-bond acceptors (Lipinski definition) is 4. The lowest BCUT2D eigenvalue weighted by Crippen LogP contribution is -2.39. The number of amides is 1. The van der Waals surface area contributed by atoms with Gasteiger partial charge in [-0.05, 0) is 30.2 Å². The molecule has 0 fully saturated rings. The maximum Gasteiger partial charge on any atom is 0.256 e. The monoisotopic (exact) mass is 338 g/mol. The minimum Gasteiger partial charge on any atom is -0.438 e. The van der Waals surface area contributed by atoms with Gasteiger partial charge in [0.05, 0.1) is 0 Å². The number of benzene rings is 2. The van der Waals surface area contributed by atoms with Crippen molar-refractivity contribution in [3.8, 4) is 0 Å². The standard InChI is InChI=1S/C20H22N2O3/c1-14(2)18(19-21-16-11-7-8-12-17(16)25-19)22(13-24-3)20(23)15-9-5-4-6-10-15/h4-12,14,18H,13H2,1-3H3. The van der Waals surface area contributed by atoms with Crippen LogP contribution in [0.4, 0.5) is 0 Å². The fraction of sp³-hybridized carbons (Fsp3) is 0.300. The van der Waals surface area contributed by atoms with Crippen LogP contribution < -0.4 is 0 Å². The number of hydrogen-bond donors (Lipinski definition) is 0. The van der Waals surface area contributed by atoms with Crippen LogP contribution in [0.5, 0.6) is 0 Å². The molecule has 0 saturated heterocycles. The second-order valence-electron chi connectivity index (χ2n) is 6.27. The van der Waals surface area contributed by atoms with Crippen molar-refractivity contribution < 1.29 is 13.9 Å². The molecular weight excluding hydrogens is 316 g/mol. The molecule has 1 unspecified atom stereocenters. The average molecular weight is 338 g/mol. The van der Waals surface area contributed by atoms with Gasteiger partial charge in [-0.15, -0.1) is 0 Å². The van der Waals surface area contributed by atoms with E-state index in [-0.39, 0.29) is 24.6 Å². The number of methoxy groups -OCH3 is 1. The molecular formula is C20H22N2O3. The molecule has 1 atom stereocenters. The zero-order valence-electron chi connectivity index (χ0n) is 14.7. The van der Waals surface area contributed by atoms with Crippen molar-refractivity contribution in [2.24, 2.45) is 5.92 Å². The van der Waals surface area contributed by atoms with Crippen molar-refractivity contribution >= 4 is 17.0 Å². The van der Waals surface area contributed by atoms with Crippen molar-refractivity contribution in [3.63, 3.8) is 0 Å². The van der Waals surface area contributed by atoms with Gasteiger partial charge in [-0.25, -0.2) is 4.98 Å². The molecule has 25 heavy (non-hydrogen) atoms. The first kappa shape index (κ1) is 17.2. The van der Waals surface area contributed by atoms with E-state index in [1.807, 2.05) is 56.3 Å². The van der Waals surface area contributed by atoms with Crippen LogP contribution in [-0.4, -0.2) is 29.6 Å². The number of aromatic nitrogens is 1. The summed E-state index contributed by atoms with van der Waals surface area (Å²) in [6.07, 6.45) is 0. The summed E-state index contributed by atoms with van der Waals surface area (Å²) in [5, 5.41) is 0. The van der Waals surface area contributed by atoms with E-state index < -0.39 is 0 Å². The highest BCUT2D eigenvalue weighted by Crippen LogP contribution is 2.31. The van der Waals surface area contributed by atoms with Gasteiger partial charge < -0.3 is 14.1 Å². The maximum atomic E-state index is 13.0. The Balaban J connectivity index is 2.02. The van der Waals surface area contributed by atoms with Gasteiger partial charge in [-0.1, -0.05) is 44.2 Å². The van der Waals surface area contributed by atoms with Crippen molar-refractivity contribution in [2.45, 2.75) is 19.9 Å². The summed E-state index contributed by atoms with van der Waals surface area (Å²) in [4.78, 5) is 19.3. The number of para-hydroxylation sites is 2. The van der Waals surface area contributed by atoms with E-state index in [1.165, 1.54) is 0 Å². The maximum absolute atomic E-state index is 13.0. The first-order valence-corrected chi connectivity index (χ1v) is 8.32. The van der Waals surface area contributed by atoms with Crippen molar-refractivity contribution in [2.75, 3.05) is 13.8 Å². The lowest BCUT2D eigenvalue weighted by atomic mass is 10.0. The molecule has 0 radical (unpaired) electrons. The summed E-state index contributed by atoms with van der Waals surface area (Å²) in [5.74, 6) is 0.525. The van der Waals surface area contributed by atoms with Gasteiger partial charge in [0.15, 0.2) is 5.58 Å². The Bertz CT molecular complexity index is 809. The van der Waals surface area contributed by atoms with Crippen molar-refractivity contribution in [1.29, 1.82) is 0 Å². The molecule has 1 amide bonds. The van der Waals surface area contributed by atoms with E-state index in [1.54, 1.807) is 24.1 Å². The highest BCUT2D eigenvalue weighted by Gasteiger charge is 2.32. The van der Waals surface area contributed by atoms with Gasteiger partial charge in [0.25, 0.3) is 5.91 Å². The predicted molar refractivity (Wildman–Crippen MR) is 96.1 cm³/mol. The molecule has 0 aliphatic rings. The van der Waals surface area contributed by atoms with E-state index >= 15 is 0 Å². The molecule has 1 heterocycles. The van der Waals surface area contributed by atoms with Crippen LogP contribution in [0.15, 0.2) is 59.0 Å². The SMILES string of the molecule is COCN(C(=O)c1ccccc1)C(c1nc2ccccc2o1)C(C)C. The summed E-state index contributed by atoms with van der Waals surface area (Å²) in [6.45, 7) is 4.25. The second kappa shape index (κ2) is 7.49. The molecule has 0 N–H and O–H groups in total. The molecule has 0 aliphatic carbocycles. The zero-order chi connectivity index (χ0) is 17.8. The van der Waals surface area contributed by atoms with Crippen molar-refractivity contribution in [1.82, 2.24) is 9.88 Å². The van der Waals surface area contributed by atoms with Crippen LogP contribution in [-0.2, 0) is 4.74 Å². The third-order valence-corrected chi connectivity index (χ3v) is 4.08. The lowest BCUT2D eigenvalue weighted by molar-refractivity contribution is 0.0109. The quantitative estimate of drug-likeness (QED) is 0.630. The van der Waals surface area contributed by atoms with Crippen LogP contribution in [0.25, 0.3) is 11.1 Å². The van der Waals surface area contributed by atoms with Gasteiger partial charge in [-0.3, -0.25) is 4.79 Å². The molecule has 5 heteroatoms. The third-order valence-electron chi connectivity index (χ3n) is 4.08. The highest BCUT2D eigenvalue weighted by atomic mass is 16.5. The Morgan fingerprint density at radius 1 is 1.12 bits per heavy atom. The molecule has 0 aliphatic heterocycles. The molecule has 2 aromatic carbocycles. The van der Waals surface area contributed by atoms with Crippen molar-refractivity contribution in [3.05, 3.63) is 66.1 Å². The number of carbonyl (C=O) groups is 1. The molecule has 1 aromatic heterocycles. The first-order valence-electron chi connectivity index (χ1n) is 8.32. The normalized spacial score (nSPS) is 12.5. The minimum atomic E-state index is -0.319. The molecule has 0 spiro atoms. The van der Waals surface area contributed by atoms with Crippen LogP contribution in [0, 0.1) is 5.92 Å². The van der Waals surface area contributed by atoms with Crippen LogP contribution in [0.3, 0.4) is 0 Å². The van der Waals surface area contributed by atoms with Gasteiger partial charge in [0.1, 0.15) is 18.3 Å². The molecule has 130 valence electrons. The average Bonchev–Trinajstić information content (AvgIpc) is 3.04. The summed E-state index contributed by atoms with van der Waals surface area (Å²) in [7, 11) is 1.58. The predicted octanol–water partition coefficient (Wildman–Crippen LogP) is 4.27. The minimum absolute atomic E-state index is 0.107. The molecule has 0 bridgehead atoms. The van der Waals surface area contributed by atoms with E-state index in [9.17, 15) is 4.79 Å². The van der Waals surface area contributed by atoms with Crippen LogP contribution in [0.1, 0.15) is 36.1 Å². The van der Waals surface area contributed by atoms with Gasteiger partial charge >= 0.3 is 0 Å². The Kier molecular flexibility index (Phi) is 5.14. The Morgan fingerprint density at radius 3 is 2.44 bits per heavy atom. The smallest absolute Gasteiger partial charge is 0.256 e. The highest BCUT2D eigenvalue weighted by molar-refractivity contribution is 5.94. The zero-order valence-corrected chi connectivity index (χ0v) is 14.7. The van der Waals surface area contributed by atoms with E-state index in [0.717, 1.165) is 5.52 Å². The van der Waals surface area contributed by atoms with E-state index in [0.29, 0.717) is 17.0 Å².